The molecule has 0 aromatic heterocycles. The Balaban J connectivity index is 1.88. The number of rotatable bonds is 9. The van der Waals surface area contributed by atoms with Crippen LogP contribution in [-0.2, 0) is 21.1 Å². The number of amides is 1. The minimum absolute atomic E-state index is 0.00181. The van der Waals surface area contributed by atoms with Crippen molar-refractivity contribution in [3.8, 4) is 23.3 Å². The molecule has 13 heteroatoms. The van der Waals surface area contributed by atoms with Crippen LogP contribution in [0.3, 0.4) is 0 Å². The first-order valence-corrected chi connectivity index (χ1v) is 12.8. The van der Waals surface area contributed by atoms with Gasteiger partial charge >= 0.3 is 16.3 Å². The second-order valence-corrected chi connectivity index (χ2v) is 9.62. The molecular formula is C26H20ClF3N2O6S. The third kappa shape index (κ3) is 7.43. The van der Waals surface area contributed by atoms with Crippen LogP contribution in [0.5, 0.6) is 17.2 Å². The van der Waals surface area contributed by atoms with Gasteiger partial charge in [0.25, 0.3) is 5.91 Å². The van der Waals surface area contributed by atoms with Gasteiger partial charge in [0.15, 0.2) is 11.5 Å². The third-order valence-electron chi connectivity index (χ3n) is 5.03. The molecule has 3 aromatic carbocycles. The molecule has 204 valence electrons. The summed E-state index contributed by atoms with van der Waals surface area (Å²) in [5.74, 6) is -0.711. The second-order valence-electron chi connectivity index (χ2n) is 7.67. The molecule has 0 aliphatic rings. The van der Waals surface area contributed by atoms with E-state index in [9.17, 15) is 31.6 Å². The van der Waals surface area contributed by atoms with Crippen molar-refractivity contribution in [1.82, 2.24) is 0 Å². The molecule has 0 aliphatic heterocycles. The lowest BCUT2D eigenvalue weighted by atomic mass is 10.1. The molecule has 0 fully saturated rings. The van der Waals surface area contributed by atoms with Gasteiger partial charge in [0.2, 0.25) is 0 Å². The summed E-state index contributed by atoms with van der Waals surface area (Å²) in [6.45, 7) is 1.78. The fourth-order valence-corrected chi connectivity index (χ4v) is 4.27. The molecule has 1 amide bonds. The van der Waals surface area contributed by atoms with Gasteiger partial charge in [-0.3, -0.25) is 4.79 Å². The fraction of sp³-hybridized carbons (Fsp3) is 0.154. The molecule has 0 saturated heterocycles. The van der Waals surface area contributed by atoms with Gasteiger partial charge in [-0.2, -0.15) is 26.9 Å². The van der Waals surface area contributed by atoms with E-state index in [0.717, 1.165) is 18.2 Å². The van der Waals surface area contributed by atoms with E-state index >= 15 is 0 Å². The van der Waals surface area contributed by atoms with Gasteiger partial charge in [0.1, 0.15) is 22.3 Å². The predicted molar refractivity (Wildman–Crippen MR) is 137 cm³/mol. The van der Waals surface area contributed by atoms with Gasteiger partial charge in [0.05, 0.1) is 30.0 Å². The molecule has 3 aromatic rings. The summed E-state index contributed by atoms with van der Waals surface area (Å²) in [6, 6.07) is 13.5. The molecule has 0 bridgehead atoms. The summed E-state index contributed by atoms with van der Waals surface area (Å²) in [5, 5.41) is 11.5. The van der Waals surface area contributed by atoms with E-state index in [1.54, 1.807) is 13.0 Å². The summed E-state index contributed by atoms with van der Waals surface area (Å²) < 4.78 is 80.3. The maximum atomic E-state index is 13.0. The van der Waals surface area contributed by atoms with Crippen LogP contribution in [0.25, 0.3) is 6.08 Å². The Hall–Kier alpha value is -4.21. The van der Waals surface area contributed by atoms with Gasteiger partial charge < -0.3 is 19.0 Å². The van der Waals surface area contributed by atoms with Gasteiger partial charge in [-0.1, -0.05) is 17.7 Å². The highest BCUT2D eigenvalue weighted by atomic mass is 35.5. The first-order valence-electron chi connectivity index (χ1n) is 11.0. The van der Waals surface area contributed by atoms with E-state index in [-0.39, 0.29) is 39.3 Å². The van der Waals surface area contributed by atoms with Crippen LogP contribution in [0.4, 0.5) is 18.9 Å². The van der Waals surface area contributed by atoms with Crippen LogP contribution < -0.4 is 19.0 Å². The van der Waals surface area contributed by atoms with E-state index in [0.29, 0.717) is 11.8 Å². The number of ether oxygens (including phenoxy) is 2. The van der Waals surface area contributed by atoms with Crippen molar-refractivity contribution < 1.29 is 40.0 Å². The standard InChI is InChI=1S/C26H20ClF3N2O6S/c1-3-37-24-13-16(4-11-23(24)38-39(34,35)20-8-6-19(36-2)7-9-20)12-17(15-31)25(33)32-22-14-18(26(28,29)30)5-10-21(22)27/h4-14H,3H2,1-2H3,(H,32,33)/b17-12+. The third-order valence-corrected chi connectivity index (χ3v) is 6.61. The van der Waals surface area contributed by atoms with Gasteiger partial charge in [-0.05, 0) is 73.2 Å². The number of halogens is 4. The number of carbonyl (C=O) groups is 1. The van der Waals surface area contributed by atoms with E-state index in [4.69, 9.17) is 25.3 Å². The highest BCUT2D eigenvalue weighted by Crippen LogP contribution is 2.35. The minimum atomic E-state index is -4.67. The lowest BCUT2D eigenvalue weighted by molar-refractivity contribution is -0.137. The predicted octanol–water partition coefficient (Wildman–Crippen LogP) is 6.08. The summed E-state index contributed by atoms with van der Waals surface area (Å²) in [4.78, 5) is 12.5. The summed E-state index contributed by atoms with van der Waals surface area (Å²) in [5.41, 5.74) is -1.59. The number of alkyl halides is 3. The van der Waals surface area contributed by atoms with Crippen molar-refractivity contribution in [3.05, 3.63) is 82.4 Å². The Kier molecular flexibility index (Phi) is 9.11. The molecule has 0 spiro atoms. The number of nitrogens with one attached hydrogen (secondary N) is 1. The van der Waals surface area contributed by atoms with Gasteiger partial charge in [0, 0.05) is 0 Å². The number of anilines is 1. The van der Waals surface area contributed by atoms with Crippen LogP contribution in [-0.4, -0.2) is 28.0 Å². The number of carbonyl (C=O) groups excluding carboxylic acids is 1. The normalized spacial score (nSPS) is 11.9. The lowest BCUT2D eigenvalue weighted by Gasteiger charge is -2.13. The largest absolute Gasteiger partial charge is 0.497 e. The molecule has 39 heavy (non-hydrogen) atoms. The molecule has 3 rings (SSSR count). The summed E-state index contributed by atoms with van der Waals surface area (Å²) in [7, 11) is -2.81. The van der Waals surface area contributed by atoms with E-state index in [1.807, 2.05) is 0 Å². The molecule has 0 heterocycles. The summed E-state index contributed by atoms with van der Waals surface area (Å²) in [6.07, 6.45) is -3.53. The highest BCUT2D eigenvalue weighted by molar-refractivity contribution is 7.87. The zero-order valence-electron chi connectivity index (χ0n) is 20.4. The van der Waals surface area contributed by atoms with Gasteiger partial charge in [-0.25, -0.2) is 0 Å². The Bertz CT molecular complexity index is 1550. The zero-order valence-corrected chi connectivity index (χ0v) is 21.9. The van der Waals surface area contributed by atoms with Crippen molar-refractivity contribution in [2.24, 2.45) is 0 Å². The quantitative estimate of drug-likeness (QED) is 0.185. The molecule has 0 atom stereocenters. The SMILES string of the molecule is CCOc1cc(/C=C(\C#N)C(=O)Nc2cc(C(F)(F)F)ccc2Cl)ccc1OS(=O)(=O)c1ccc(OC)cc1. The van der Waals surface area contributed by atoms with Crippen molar-refractivity contribution in [2.75, 3.05) is 19.0 Å². The van der Waals surface area contributed by atoms with Crippen molar-refractivity contribution in [3.63, 3.8) is 0 Å². The molecule has 0 saturated carbocycles. The van der Waals surface area contributed by atoms with Crippen LogP contribution in [0.15, 0.2) is 71.1 Å². The van der Waals surface area contributed by atoms with Crippen molar-refractivity contribution in [1.29, 1.82) is 5.26 Å². The van der Waals surface area contributed by atoms with Crippen LogP contribution in [0.1, 0.15) is 18.1 Å². The first-order chi connectivity index (χ1) is 18.4. The number of nitrogens with zero attached hydrogens (tertiary/aromatic N) is 1. The monoisotopic (exact) mass is 580 g/mol. The van der Waals surface area contributed by atoms with Crippen molar-refractivity contribution in [2.45, 2.75) is 18.0 Å². The molecular weight excluding hydrogens is 561 g/mol. The van der Waals surface area contributed by atoms with Crippen LogP contribution in [0.2, 0.25) is 5.02 Å². The maximum Gasteiger partial charge on any atom is 0.416 e. The lowest BCUT2D eigenvalue weighted by Crippen LogP contribution is -2.15. The zero-order chi connectivity index (χ0) is 28.8. The second kappa shape index (κ2) is 12.1. The number of benzene rings is 3. The summed E-state index contributed by atoms with van der Waals surface area (Å²) >= 11 is 5.91. The van der Waals surface area contributed by atoms with Crippen molar-refractivity contribution >= 4 is 39.4 Å². The Morgan fingerprint density at radius 2 is 1.77 bits per heavy atom. The molecule has 1 N–H and O–H groups in total. The maximum absolute atomic E-state index is 13.0. The number of methoxy groups -OCH3 is 1. The average Bonchev–Trinajstić information content (AvgIpc) is 2.89. The molecule has 0 aliphatic carbocycles. The number of nitriles is 1. The fourth-order valence-electron chi connectivity index (χ4n) is 3.16. The number of hydrogen-bond acceptors (Lipinski definition) is 7. The minimum Gasteiger partial charge on any atom is -0.497 e. The average molecular weight is 581 g/mol. The van der Waals surface area contributed by atoms with E-state index in [1.165, 1.54) is 49.6 Å². The van der Waals surface area contributed by atoms with Crippen LogP contribution >= 0.6 is 11.6 Å². The van der Waals surface area contributed by atoms with Crippen LogP contribution in [0, 0.1) is 11.3 Å². The topological polar surface area (TPSA) is 115 Å². The Labute approximate surface area is 227 Å². The van der Waals surface area contributed by atoms with Gasteiger partial charge in [-0.15, -0.1) is 0 Å². The molecule has 8 nitrogen and oxygen atoms in total. The number of hydrogen-bond donors (Lipinski definition) is 1. The smallest absolute Gasteiger partial charge is 0.416 e. The van der Waals surface area contributed by atoms with E-state index in [2.05, 4.69) is 5.32 Å². The Morgan fingerprint density at radius 1 is 1.08 bits per heavy atom. The first kappa shape index (κ1) is 29.3. The molecule has 0 radical (unpaired) electrons. The Morgan fingerprint density at radius 3 is 2.36 bits per heavy atom. The highest BCUT2D eigenvalue weighted by Gasteiger charge is 2.31. The molecule has 0 unspecified atom stereocenters. The van der Waals surface area contributed by atoms with E-state index < -0.39 is 33.3 Å².